The highest BCUT2D eigenvalue weighted by molar-refractivity contribution is 5.57. The van der Waals surface area contributed by atoms with Crippen LogP contribution in [0.4, 0.5) is 5.69 Å². The number of nitrogens with zero attached hydrogens (tertiary/aromatic N) is 2. The largest absolute Gasteiger partial charge is 0.493 e. The normalized spacial score (nSPS) is 29.7. The zero-order valence-corrected chi connectivity index (χ0v) is 17.6. The molecule has 2 saturated heterocycles. The highest BCUT2D eigenvalue weighted by Crippen LogP contribution is 2.28. The third-order valence-electron chi connectivity index (χ3n) is 5.32. The molecule has 2 aliphatic rings. The van der Waals surface area contributed by atoms with E-state index < -0.39 is 0 Å². The summed E-state index contributed by atoms with van der Waals surface area (Å²) in [5.74, 6) is 0.964. The van der Waals surface area contributed by atoms with Crippen LogP contribution in [0.15, 0.2) is 18.2 Å². The van der Waals surface area contributed by atoms with E-state index in [1.165, 1.54) is 11.3 Å². The zero-order chi connectivity index (χ0) is 19.4. The Balaban J connectivity index is 1.50. The van der Waals surface area contributed by atoms with Gasteiger partial charge in [0, 0.05) is 44.5 Å². The van der Waals surface area contributed by atoms with Crippen LogP contribution in [-0.2, 0) is 9.47 Å². The Kier molecular flexibility index (Phi) is 7.01. The lowest BCUT2D eigenvalue weighted by Gasteiger charge is -2.37. The molecule has 1 aromatic carbocycles. The summed E-state index contributed by atoms with van der Waals surface area (Å²) in [6.07, 6.45) is 2.21. The molecule has 5 heteroatoms. The van der Waals surface area contributed by atoms with Gasteiger partial charge >= 0.3 is 0 Å². The van der Waals surface area contributed by atoms with E-state index in [2.05, 4.69) is 62.6 Å². The molecule has 0 saturated carbocycles. The van der Waals surface area contributed by atoms with E-state index in [0.717, 1.165) is 51.5 Å². The first-order chi connectivity index (χ1) is 12.9. The molecule has 152 valence electrons. The van der Waals surface area contributed by atoms with Crippen LogP contribution in [0.2, 0.25) is 0 Å². The van der Waals surface area contributed by atoms with Gasteiger partial charge in [0.15, 0.2) is 0 Å². The van der Waals surface area contributed by atoms with Crippen molar-refractivity contribution in [2.24, 2.45) is 0 Å². The van der Waals surface area contributed by atoms with Gasteiger partial charge in [-0.15, -0.1) is 0 Å². The zero-order valence-electron chi connectivity index (χ0n) is 17.6. The standard InChI is InChI=1S/C22H36N2O3/c1-16-7-8-21(11-22(16)24-14-19(4)27-20(5)15-24)25-10-6-9-23-12-17(2)26-18(3)13-23/h7-8,11,17-20H,6,9-10,12-15H2,1-5H3. The number of morpholine rings is 2. The number of benzene rings is 1. The Morgan fingerprint density at radius 3 is 2.15 bits per heavy atom. The van der Waals surface area contributed by atoms with E-state index in [0.29, 0.717) is 12.2 Å². The molecule has 4 unspecified atom stereocenters. The van der Waals surface area contributed by atoms with Crippen molar-refractivity contribution in [3.8, 4) is 5.75 Å². The molecular formula is C22H36N2O3. The van der Waals surface area contributed by atoms with Crippen molar-refractivity contribution in [2.75, 3.05) is 44.2 Å². The first-order valence-corrected chi connectivity index (χ1v) is 10.4. The number of aryl methyl sites for hydroxylation is 1. The molecule has 2 fully saturated rings. The second-order valence-electron chi connectivity index (χ2n) is 8.33. The van der Waals surface area contributed by atoms with Gasteiger partial charge in [0.1, 0.15) is 5.75 Å². The van der Waals surface area contributed by atoms with Gasteiger partial charge in [-0.3, -0.25) is 4.90 Å². The number of rotatable bonds is 6. The van der Waals surface area contributed by atoms with Crippen molar-refractivity contribution in [1.82, 2.24) is 4.90 Å². The Hall–Kier alpha value is -1.30. The van der Waals surface area contributed by atoms with Crippen LogP contribution in [-0.4, -0.2) is 68.6 Å². The smallest absolute Gasteiger partial charge is 0.121 e. The van der Waals surface area contributed by atoms with Crippen LogP contribution in [0.25, 0.3) is 0 Å². The van der Waals surface area contributed by atoms with Crippen LogP contribution >= 0.6 is 0 Å². The molecule has 3 rings (SSSR count). The van der Waals surface area contributed by atoms with Gasteiger partial charge < -0.3 is 19.1 Å². The Labute approximate surface area is 164 Å². The minimum atomic E-state index is 0.260. The maximum Gasteiger partial charge on any atom is 0.121 e. The molecule has 0 radical (unpaired) electrons. The van der Waals surface area contributed by atoms with Crippen LogP contribution in [0.3, 0.4) is 0 Å². The van der Waals surface area contributed by atoms with E-state index in [-0.39, 0.29) is 12.2 Å². The lowest BCUT2D eigenvalue weighted by Crippen LogP contribution is -2.45. The molecule has 4 atom stereocenters. The highest BCUT2D eigenvalue weighted by atomic mass is 16.5. The van der Waals surface area contributed by atoms with Crippen molar-refractivity contribution in [3.05, 3.63) is 23.8 Å². The van der Waals surface area contributed by atoms with Crippen molar-refractivity contribution in [2.45, 2.75) is 65.5 Å². The van der Waals surface area contributed by atoms with Gasteiger partial charge in [0.2, 0.25) is 0 Å². The van der Waals surface area contributed by atoms with Crippen molar-refractivity contribution < 1.29 is 14.2 Å². The summed E-state index contributed by atoms with van der Waals surface area (Å²) < 4.78 is 17.8. The van der Waals surface area contributed by atoms with E-state index >= 15 is 0 Å². The lowest BCUT2D eigenvalue weighted by molar-refractivity contribution is -0.0686. The number of anilines is 1. The summed E-state index contributed by atoms with van der Waals surface area (Å²) in [5, 5.41) is 0. The Morgan fingerprint density at radius 1 is 0.926 bits per heavy atom. The quantitative estimate of drug-likeness (QED) is 0.710. The fourth-order valence-electron chi connectivity index (χ4n) is 4.34. The number of ether oxygens (including phenoxy) is 3. The Morgan fingerprint density at radius 2 is 1.52 bits per heavy atom. The van der Waals surface area contributed by atoms with E-state index in [1.54, 1.807) is 0 Å². The van der Waals surface area contributed by atoms with Gasteiger partial charge in [0.05, 0.1) is 31.0 Å². The van der Waals surface area contributed by atoms with Crippen LogP contribution < -0.4 is 9.64 Å². The minimum absolute atomic E-state index is 0.260. The average Bonchev–Trinajstić information content (AvgIpc) is 2.58. The lowest BCUT2D eigenvalue weighted by atomic mass is 10.1. The minimum Gasteiger partial charge on any atom is -0.493 e. The van der Waals surface area contributed by atoms with Gasteiger partial charge in [-0.2, -0.15) is 0 Å². The molecule has 0 N–H and O–H groups in total. The predicted octanol–water partition coefficient (Wildman–Crippen LogP) is 3.49. The second-order valence-corrected chi connectivity index (χ2v) is 8.33. The predicted molar refractivity (Wildman–Crippen MR) is 110 cm³/mol. The van der Waals surface area contributed by atoms with Gasteiger partial charge in [-0.05, 0) is 52.7 Å². The highest BCUT2D eigenvalue weighted by Gasteiger charge is 2.24. The molecule has 2 heterocycles. The maximum atomic E-state index is 6.08. The SMILES string of the molecule is Cc1ccc(OCCCN2CC(C)OC(C)C2)cc1N1CC(C)OC(C)C1. The van der Waals surface area contributed by atoms with Crippen LogP contribution in [0.5, 0.6) is 5.75 Å². The maximum absolute atomic E-state index is 6.08. The summed E-state index contributed by atoms with van der Waals surface area (Å²) in [5.41, 5.74) is 2.56. The molecule has 0 aromatic heterocycles. The number of hydrogen-bond donors (Lipinski definition) is 0. The van der Waals surface area contributed by atoms with Crippen LogP contribution in [0, 0.1) is 6.92 Å². The molecule has 5 nitrogen and oxygen atoms in total. The summed E-state index contributed by atoms with van der Waals surface area (Å²) in [6, 6.07) is 6.45. The van der Waals surface area contributed by atoms with Gasteiger partial charge in [-0.1, -0.05) is 6.07 Å². The Bertz CT molecular complexity index is 589. The van der Waals surface area contributed by atoms with E-state index in [4.69, 9.17) is 14.2 Å². The van der Waals surface area contributed by atoms with Crippen molar-refractivity contribution in [1.29, 1.82) is 0 Å². The summed E-state index contributed by atoms with van der Waals surface area (Å²) >= 11 is 0. The molecule has 2 aliphatic heterocycles. The first-order valence-electron chi connectivity index (χ1n) is 10.4. The third kappa shape index (κ3) is 5.84. The first kappa shape index (κ1) is 20.4. The summed E-state index contributed by atoms with van der Waals surface area (Å²) in [7, 11) is 0. The van der Waals surface area contributed by atoms with Crippen LogP contribution in [0.1, 0.15) is 39.7 Å². The van der Waals surface area contributed by atoms with E-state index in [1.807, 2.05) is 0 Å². The molecule has 0 aliphatic carbocycles. The third-order valence-corrected chi connectivity index (χ3v) is 5.32. The van der Waals surface area contributed by atoms with Gasteiger partial charge in [0.25, 0.3) is 0 Å². The topological polar surface area (TPSA) is 34.2 Å². The molecule has 0 spiro atoms. The molecular weight excluding hydrogens is 340 g/mol. The molecule has 0 amide bonds. The summed E-state index contributed by atoms with van der Waals surface area (Å²) in [4.78, 5) is 4.91. The number of hydrogen-bond acceptors (Lipinski definition) is 5. The second kappa shape index (κ2) is 9.26. The van der Waals surface area contributed by atoms with E-state index in [9.17, 15) is 0 Å². The molecule has 0 bridgehead atoms. The van der Waals surface area contributed by atoms with Crippen molar-refractivity contribution in [3.63, 3.8) is 0 Å². The fraction of sp³-hybridized carbons (Fsp3) is 0.727. The summed E-state index contributed by atoms with van der Waals surface area (Å²) in [6.45, 7) is 16.5. The monoisotopic (exact) mass is 376 g/mol. The molecule has 27 heavy (non-hydrogen) atoms. The average molecular weight is 377 g/mol. The fourth-order valence-corrected chi connectivity index (χ4v) is 4.34. The molecule has 1 aromatic rings. The van der Waals surface area contributed by atoms with Crippen molar-refractivity contribution >= 4 is 5.69 Å². The van der Waals surface area contributed by atoms with Gasteiger partial charge in [-0.25, -0.2) is 0 Å².